The number of aromatic nitrogens is 2. The first-order chi connectivity index (χ1) is 12.7. The zero-order chi connectivity index (χ0) is 18.1. The van der Waals surface area contributed by atoms with Gasteiger partial charge in [-0.05, 0) is 42.9 Å². The number of nitrogens with zero attached hydrogens (tertiary/aromatic N) is 2. The first-order valence-corrected chi connectivity index (χ1v) is 9.22. The number of benzene rings is 1. The van der Waals surface area contributed by atoms with Crippen LogP contribution in [-0.2, 0) is 17.6 Å². The Balaban J connectivity index is 1.39. The highest BCUT2D eigenvalue weighted by molar-refractivity contribution is 5.75. The van der Waals surface area contributed by atoms with E-state index in [1.807, 2.05) is 13.0 Å². The summed E-state index contributed by atoms with van der Waals surface area (Å²) >= 11 is 0. The fourth-order valence-electron chi connectivity index (χ4n) is 3.68. The third-order valence-corrected chi connectivity index (χ3v) is 5.32. The first-order valence-electron chi connectivity index (χ1n) is 9.22. The maximum atomic E-state index is 12.2. The molecule has 138 valence electrons. The van der Waals surface area contributed by atoms with Gasteiger partial charge < -0.3 is 19.9 Å². The summed E-state index contributed by atoms with van der Waals surface area (Å²) < 4.78 is 10.4. The van der Waals surface area contributed by atoms with Crippen LogP contribution in [0.25, 0.3) is 11.4 Å². The number of carbonyl (C=O) groups excluding carboxylic acids is 1. The number of amides is 2. The van der Waals surface area contributed by atoms with Gasteiger partial charge in [-0.3, -0.25) is 0 Å². The number of fused-ring (bicyclic) bond motifs is 1. The van der Waals surface area contributed by atoms with Gasteiger partial charge in [0.2, 0.25) is 11.7 Å². The van der Waals surface area contributed by atoms with Crippen LogP contribution >= 0.6 is 0 Å². The van der Waals surface area contributed by atoms with Crippen molar-refractivity contribution in [1.82, 2.24) is 20.8 Å². The van der Waals surface area contributed by atoms with Crippen molar-refractivity contribution in [2.45, 2.75) is 57.2 Å². The number of hydrogen-bond acceptors (Lipinski definition) is 5. The van der Waals surface area contributed by atoms with Gasteiger partial charge in [-0.25, -0.2) is 4.79 Å². The van der Waals surface area contributed by atoms with Gasteiger partial charge in [0.05, 0.1) is 12.1 Å². The number of hydrogen-bond donors (Lipinski definition) is 2. The van der Waals surface area contributed by atoms with E-state index >= 15 is 0 Å². The quantitative estimate of drug-likeness (QED) is 0.860. The average Bonchev–Trinajstić information content (AvgIpc) is 3.24. The minimum absolute atomic E-state index is 0.0498. The minimum atomic E-state index is -0.0998. The van der Waals surface area contributed by atoms with Crippen molar-refractivity contribution in [1.29, 1.82) is 0 Å². The van der Waals surface area contributed by atoms with E-state index in [1.54, 1.807) is 7.11 Å². The van der Waals surface area contributed by atoms with Crippen molar-refractivity contribution in [2.24, 2.45) is 0 Å². The van der Waals surface area contributed by atoms with E-state index in [-0.39, 0.29) is 24.2 Å². The molecule has 1 saturated carbocycles. The van der Waals surface area contributed by atoms with E-state index in [0.29, 0.717) is 11.7 Å². The number of methoxy groups -OCH3 is 1. The molecule has 0 saturated heterocycles. The monoisotopic (exact) mass is 356 g/mol. The van der Waals surface area contributed by atoms with Crippen molar-refractivity contribution in [3.63, 3.8) is 0 Å². The molecular formula is C19H24N4O3. The first kappa shape index (κ1) is 17.0. The van der Waals surface area contributed by atoms with E-state index in [1.165, 1.54) is 11.1 Å². The van der Waals surface area contributed by atoms with Crippen LogP contribution in [0.5, 0.6) is 0 Å². The maximum Gasteiger partial charge on any atom is 0.315 e. The molecule has 1 aromatic carbocycles. The van der Waals surface area contributed by atoms with Crippen LogP contribution in [0.2, 0.25) is 0 Å². The number of ether oxygens (including phenoxy) is 1. The summed E-state index contributed by atoms with van der Waals surface area (Å²) in [6.45, 7) is 1.99. The molecule has 0 bridgehead atoms. The average molecular weight is 356 g/mol. The van der Waals surface area contributed by atoms with E-state index < -0.39 is 0 Å². The Morgan fingerprint density at radius 1 is 1.35 bits per heavy atom. The summed E-state index contributed by atoms with van der Waals surface area (Å²) in [7, 11) is 1.71. The van der Waals surface area contributed by atoms with Crippen LogP contribution < -0.4 is 10.6 Å². The molecule has 26 heavy (non-hydrogen) atoms. The highest BCUT2D eigenvalue weighted by atomic mass is 16.5. The molecule has 2 N–H and O–H groups in total. The van der Waals surface area contributed by atoms with Gasteiger partial charge in [0.25, 0.3) is 0 Å². The third-order valence-electron chi connectivity index (χ3n) is 5.32. The van der Waals surface area contributed by atoms with E-state index in [9.17, 15) is 4.79 Å². The summed E-state index contributed by atoms with van der Waals surface area (Å²) in [4.78, 5) is 16.6. The van der Waals surface area contributed by atoms with Gasteiger partial charge >= 0.3 is 6.03 Å². The standard InChI is InChI=1S/C19H24N4O3/c1-3-17-22-18(23-26-17)12-4-6-15-11(8-12)5-7-16(15)21-19(24)20-13-9-14(10-13)25-2/h4,6,8,13-14,16H,3,5,7,9-10H2,1-2H3,(H2,20,21,24)/t13?,14?,16-/m1/s1. The molecule has 7 heteroatoms. The lowest BCUT2D eigenvalue weighted by Crippen LogP contribution is -2.51. The van der Waals surface area contributed by atoms with Gasteiger partial charge in [-0.1, -0.05) is 24.2 Å². The van der Waals surface area contributed by atoms with Gasteiger partial charge in [0.1, 0.15) is 0 Å². The molecular weight excluding hydrogens is 332 g/mol. The molecule has 1 atom stereocenters. The number of carbonyl (C=O) groups is 1. The highest BCUT2D eigenvalue weighted by Crippen LogP contribution is 2.33. The van der Waals surface area contributed by atoms with Crippen LogP contribution in [0.4, 0.5) is 4.79 Å². The lowest BCUT2D eigenvalue weighted by Gasteiger charge is -2.34. The number of urea groups is 1. The molecule has 4 rings (SSSR count). The second-order valence-corrected chi connectivity index (χ2v) is 7.01. The zero-order valence-electron chi connectivity index (χ0n) is 15.1. The van der Waals surface area contributed by atoms with Crippen LogP contribution in [0.1, 0.15) is 49.2 Å². The number of nitrogens with one attached hydrogen (secondary N) is 2. The summed E-state index contributed by atoms with van der Waals surface area (Å²) in [6, 6.07) is 6.33. The van der Waals surface area contributed by atoms with E-state index in [0.717, 1.165) is 37.7 Å². The molecule has 0 unspecified atom stereocenters. The minimum Gasteiger partial charge on any atom is -0.381 e. The maximum absolute atomic E-state index is 12.2. The summed E-state index contributed by atoms with van der Waals surface area (Å²) in [5, 5.41) is 10.2. The predicted octanol–water partition coefficient (Wildman–Crippen LogP) is 2.76. The molecule has 0 radical (unpaired) electrons. The van der Waals surface area contributed by atoms with Gasteiger partial charge in [0, 0.05) is 25.1 Å². The van der Waals surface area contributed by atoms with Crippen molar-refractivity contribution >= 4 is 6.03 Å². The normalized spacial score (nSPS) is 24.0. The summed E-state index contributed by atoms with van der Waals surface area (Å²) in [5.74, 6) is 1.26. The smallest absolute Gasteiger partial charge is 0.315 e. The second kappa shape index (κ2) is 7.07. The van der Waals surface area contributed by atoms with Crippen molar-refractivity contribution in [3.05, 3.63) is 35.2 Å². The Labute approximate surface area is 152 Å². The van der Waals surface area contributed by atoms with Crippen molar-refractivity contribution in [2.75, 3.05) is 7.11 Å². The van der Waals surface area contributed by atoms with Crippen molar-refractivity contribution < 1.29 is 14.1 Å². The molecule has 2 amide bonds. The van der Waals surface area contributed by atoms with Crippen LogP contribution in [-0.4, -0.2) is 35.4 Å². The van der Waals surface area contributed by atoms with E-state index in [2.05, 4.69) is 32.9 Å². The molecule has 0 spiro atoms. The Kier molecular flexibility index (Phi) is 4.63. The van der Waals surface area contributed by atoms with Crippen LogP contribution in [0.3, 0.4) is 0 Å². The van der Waals surface area contributed by atoms with Crippen LogP contribution in [0, 0.1) is 0 Å². The third kappa shape index (κ3) is 3.31. The molecule has 2 aliphatic carbocycles. The fourth-order valence-corrected chi connectivity index (χ4v) is 3.68. The van der Waals surface area contributed by atoms with Gasteiger partial charge in [-0.2, -0.15) is 4.98 Å². The molecule has 1 fully saturated rings. The largest absolute Gasteiger partial charge is 0.381 e. The lowest BCUT2D eigenvalue weighted by molar-refractivity contribution is 0.0205. The second-order valence-electron chi connectivity index (χ2n) is 7.01. The Hall–Kier alpha value is -2.41. The predicted molar refractivity (Wildman–Crippen MR) is 95.7 cm³/mol. The Bertz CT molecular complexity index is 798. The van der Waals surface area contributed by atoms with Crippen LogP contribution in [0.15, 0.2) is 22.7 Å². The topological polar surface area (TPSA) is 89.3 Å². The Morgan fingerprint density at radius 2 is 2.19 bits per heavy atom. The summed E-state index contributed by atoms with van der Waals surface area (Å²) in [6.07, 6.45) is 4.62. The van der Waals surface area contributed by atoms with Crippen molar-refractivity contribution in [3.8, 4) is 11.4 Å². The zero-order valence-corrected chi connectivity index (χ0v) is 15.1. The fraction of sp³-hybridized carbons (Fsp3) is 0.526. The molecule has 2 aliphatic rings. The van der Waals surface area contributed by atoms with Gasteiger partial charge in [-0.15, -0.1) is 0 Å². The highest BCUT2D eigenvalue weighted by Gasteiger charge is 2.31. The summed E-state index contributed by atoms with van der Waals surface area (Å²) in [5.41, 5.74) is 3.36. The molecule has 0 aliphatic heterocycles. The number of aryl methyl sites for hydroxylation is 2. The molecule has 1 aromatic heterocycles. The Morgan fingerprint density at radius 3 is 2.92 bits per heavy atom. The lowest BCUT2D eigenvalue weighted by atomic mass is 9.89. The molecule has 2 aromatic rings. The SMILES string of the molecule is CCc1nc(-c2ccc3c(c2)CC[C@H]3NC(=O)NC2CC(OC)C2)no1. The molecule has 1 heterocycles. The number of rotatable bonds is 5. The van der Waals surface area contributed by atoms with E-state index in [4.69, 9.17) is 9.26 Å². The van der Waals surface area contributed by atoms with Gasteiger partial charge in [0.15, 0.2) is 0 Å². The molecule has 7 nitrogen and oxygen atoms in total.